The van der Waals surface area contributed by atoms with E-state index < -0.39 is 0 Å². The van der Waals surface area contributed by atoms with Crippen molar-refractivity contribution in [3.63, 3.8) is 0 Å². The van der Waals surface area contributed by atoms with Crippen LogP contribution in [0.1, 0.15) is 50.8 Å². The molecule has 0 unspecified atom stereocenters. The lowest BCUT2D eigenvalue weighted by Crippen LogP contribution is -2.51. The summed E-state index contributed by atoms with van der Waals surface area (Å²) in [5, 5.41) is 0. The molecule has 2 aliphatic heterocycles. The summed E-state index contributed by atoms with van der Waals surface area (Å²) in [5.41, 5.74) is 4.05. The number of para-hydroxylation sites is 1. The van der Waals surface area contributed by atoms with E-state index in [-0.39, 0.29) is 11.5 Å². The number of unbranched alkanes of at least 4 members (excludes halogenated alkanes) is 1. The number of ether oxygens (including phenoxy) is 2. The van der Waals surface area contributed by atoms with Crippen LogP contribution in [-0.2, 0) is 5.41 Å². The van der Waals surface area contributed by atoms with Crippen LogP contribution in [0.15, 0.2) is 42.5 Å². The summed E-state index contributed by atoms with van der Waals surface area (Å²) in [6.45, 7) is 8.79. The molecule has 3 nitrogen and oxygen atoms in total. The van der Waals surface area contributed by atoms with E-state index in [0.717, 1.165) is 24.7 Å². The van der Waals surface area contributed by atoms with Crippen molar-refractivity contribution in [3.8, 4) is 11.5 Å². The molecule has 4 rings (SSSR count). The van der Waals surface area contributed by atoms with Crippen LogP contribution in [0.5, 0.6) is 11.5 Å². The number of nitrogens with zero attached hydrogens (tertiary/aromatic N) is 1. The van der Waals surface area contributed by atoms with Gasteiger partial charge in [-0.1, -0.05) is 51.5 Å². The van der Waals surface area contributed by atoms with Crippen LogP contribution in [0.3, 0.4) is 0 Å². The van der Waals surface area contributed by atoms with Gasteiger partial charge in [0.05, 0.1) is 25.3 Å². The molecule has 0 saturated heterocycles. The van der Waals surface area contributed by atoms with Crippen LogP contribution in [0.4, 0.5) is 5.69 Å². The third-order valence-corrected chi connectivity index (χ3v) is 6.26. The Balaban J connectivity index is 1.93. The van der Waals surface area contributed by atoms with Gasteiger partial charge in [-0.05, 0) is 30.2 Å². The first-order chi connectivity index (χ1) is 12.6. The van der Waals surface area contributed by atoms with Gasteiger partial charge in [-0.15, -0.1) is 0 Å². The van der Waals surface area contributed by atoms with Gasteiger partial charge in [0.1, 0.15) is 11.5 Å². The molecular weight excluding hydrogens is 322 g/mol. The molecule has 0 amide bonds. The minimum atomic E-state index is 0.0442. The maximum absolute atomic E-state index is 6.23. The number of rotatable bonds is 4. The lowest BCUT2D eigenvalue weighted by atomic mass is 9.64. The van der Waals surface area contributed by atoms with Gasteiger partial charge in [0.25, 0.3) is 0 Å². The lowest BCUT2D eigenvalue weighted by molar-refractivity contribution is 0.119. The first-order valence-corrected chi connectivity index (χ1v) is 9.75. The van der Waals surface area contributed by atoms with Crippen molar-refractivity contribution in [1.29, 1.82) is 0 Å². The van der Waals surface area contributed by atoms with Gasteiger partial charge in [0, 0.05) is 23.6 Å². The first kappa shape index (κ1) is 17.3. The monoisotopic (exact) mass is 351 g/mol. The summed E-state index contributed by atoms with van der Waals surface area (Å²) in [5.74, 6) is 2.30. The predicted molar refractivity (Wildman–Crippen MR) is 106 cm³/mol. The normalized spacial score (nSPS) is 22.7. The van der Waals surface area contributed by atoms with Gasteiger partial charge >= 0.3 is 0 Å². The largest absolute Gasteiger partial charge is 0.496 e. The summed E-state index contributed by atoms with van der Waals surface area (Å²) in [7, 11) is 1.76. The number of benzene rings is 2. The first-order valence-electron chi connectivity index (χ1n) is 9.75. The third-order valence-electron chi connectivity index (χ3n) is 6.26. The zero-order valence-corrected chi connectivity index (χ0v) is 16.3. The smallest absolute Gasteiger partial charge is 0.128 e. The van der Waals surface area contributed by atoms with Crippen molar-refractivity contribution in [1.82, 2.24) is 0 Å². The Labute approximate surface area is 156 Å². The van der Waals surface area contributed by atoms with E-state index >= 15 is 0 Å². The van der Waals surface area contributed by atoms with Gasteiger partial charge in [0.15, 0.2) is 0 Å². The fourth-order valence-corrected chi connectivity index (χ4v) is 4.77. The summed E-state index contributed by atoms with van der Waals surface area (Å²) in [6, 6.07) is 15.4. The Bertz CT molecular complexity index is 784. The average molecular weight is 351 g/mol. The lowest BCUT2D eigenvalue weighted by Gasteiger charge is -2.54. The molecule has 26 heavy (non-hydrogen) atoms. The Morgan fingerprint density at radius 1 is 1.15 bits per heavy atom. The highest BCUT2D eigenvalue weighted by Gasteiger charge is 2.50. The van der Waals surface area contributed by atoms with Gasteiger partial charge in [-0.3, -0.25) is 0 Å². The van der Waals surface area contributed by atoms with E-state index in [9.17, 15) is 0 Å². The van der Waals surface area contributed by atoms with Gasteiger partial charge < -0.3 is 14.4 Å². The van der Waals surface area contributed by atoms with Crippen LogP contribution in [0, 0.1) is 5.92 Å². The molecule has 2 aromatic carbocycles. The van der Waals surface area contributed by atoms with Gasteiger partial charge in [-0.25, -0.2) is 0 Å². The van der Waals surface area contributed by atoms with Crippen molar-refractivity contribution < 1.29 is 9.47 Å². The van der Waals surface area contributed by atoms with Crippen LogP contribution < -0.4 is 14.4 Å². The molecule has 0 aliphatic carbocycles. The topological polar surface area (TPSA) is 21.7 Å². The molecule has 0 N–H and O–H groups in total. The molecule has 0 fully saturated rings. The Morgan fingerprint density at radius 3 is 2.73 bits per heavy atom. The molecule has 3 heteroatoms. The molecule has 0 aromatic heterocycles. The number of hydrogen-bond donors (Lipinski definition) is 0. The highest BCUT2D eigenvalue weighted by molar-refractivity contribution is 5.64. The summed E-state index contributed by atoms with van der Waals surface area (Å²) < 4.78 is 12.0. The molecule has 0 saturated carbocycles. The molecule has 2 atom stereocenters. The molecule has 2 heterocycles. The highest BCUT2D eigenvalue weighted by atomic mass is 16.5. The minimum Gasteiger partial charge on any atom is -0.496 e. The number of anilines is 1. The zero-order valence-electron chi connectivity index (χ0n) is 16.3. The van der Waals surface area contributed by atoms with Gasteiger partial charge in [0.2, 0.25) is 0 Å². The second-order valence-electron chi connectivity index (χ2n) is 8.02. The van der Waals surface area contributed by atoms with Gasteiger partial charge in [-0.2, -0.15) is 0 Å². The van der Waals surface area contributed by atoms with E-state index in [2.05, 4.69) is 62.1 Å². The van der Waals surface area contributed by atoms with E-state index in [0.29, 0.717) is 5.92 Å². The fourth-order valence-electron chi connectivity index (χ4n) is 4.77. The third kappa shape index (κ3) is 2.48. The van der Waals surface area contributed by atoms with Crippen molar-refractivity contribution in [2.45, 2.75) is 45.1 Å². The predicted octanol–water partition coefficient (Wildman–Crippen LogP) is 5.34. The zero-order chi connectivity index (χ0) is 18.3. The van der Waals surface area contributed by atoms with E-state index in [1.807, 2.05) is 6.07 Å². The van der Waals surface area contributed by atoms with Crippen molar-refractivity contribution in [2.24, 2.45) is 5.92 Å². The van der Waals surface area contributed by atoms with Crippen molar-refractivity contribution in [2.75, 3.05) is 25.2 Å². The Morgan fingerprint density at radius 2 is 1.96 bits per heavy atom. The Kier molecular flexibility index (Phi) is 4.34. The second kappa shape index (κ2) is 6.53. The number of methoxy groups -OCH3 is 1. The molecular formula is C23H29NO2. The van der Waals surface area contributed by atoms with Crippen LogP contribution in [0.25, 0.3) is 0 Å². The van der Waals surface area contributed by atoms with Crippen molar-refractivity contribution >= 4 is 5.69 Å². The molecule has 0 spiro atoms. The van der Waals surface area contributed by atoms with E-state index in [4.69, 9.17) is 9.47 Å². The molecule has 138 valence electrons. The quantitative estimate of drug-likeness (QED) is 0.742. The van der Waals surface area contributed by atoms with Crippen LogP contribution >= 0.6 is 0 Å². The molecule has 0 bridgehead atoms. The molecule has 2 aromatic rings. The summed E-state index contributed by atoms with van der Waals surface area (Å²) >= 11 is 0. The van der Waals surface area contributed by atoms with Crippen molar-refractivity contribution in [3.05, 3.63) is 53.6 Å². The van der Waals surface area contributed by atoms with E-state index in [1.165, 1.54) is 29.7 Å². The standard InChI is InChI=1S/C23H29NO2/c1-5-6-14-24-18-11-8-7-10-16(18)23(2,3)17-15-26-20-13-9-12-19(25-4)21(20)22(17)24/h7-13,17,22H,5-6,14-15H2,1-4H3/t17-,22+/m1/s1. The average Bonchev–Trinajstić information content (AvgIpc) is 2.67. The maximum Gasteiger partial charge on any atom is 0.128 e. The van der Waals surface area contributed by atoms with Crippen LogP contribution in [-0.4, -0.2) is 20.3 Å². The second-order valence-corrected chi connectivity index (χ2v) is 8.02. The maximum atomic E-state index is 6.23. The Hall–Kier alpha value is -2.16. The molecule has 2 aliphatic rings. The molecule has 0 radical (unpaired) electrons. The SMILES string of the molecule is CCCCN1c2ccccc2C(C)(C)[C@@H]2COc3cccc(OC)c3[C@H]21. The number of fused-ring (bicyclic) bond motifs is 4. The number of hydrogen-bond acceptors (Lipinski definition) is 3. The van der Waals surface area contributed by atoms with E-state index in [1.54, 1.807) is 7.11 Å². The minimum absolute atomic E-state index is 0.0442. The summed E-state index contributed by atoms with van der Waals surface area (Å²) in [4.78, 5) is 2.61. The highest BCUT2D eigenvalue weighted by Crippen LogP contribution is 2.56. The fraction of sp³-hybridized carbons (Fsp3) is 0.478. The van der Waals surface area contributed by atoms with Crippen LogP contribution in [0.2, 0.25) is 0 Å². The summed E-state index contributed by atoms with van der Waals surface area (Å²) in [6.07, 6.45) is 2.37.